The molecule has 0 amide bonds. The lowest BCUT2D eigenvalue weighted by Gasteiger charge is -2.56. The first-order valence-electron chi connectivity index (χ1n) is 12.3. The van der Waals surface area contributed by atoms with Crippen LogP contribution < -0.4 is 0 Å². The van der Waals surface area contributed by atoms with Gasteiger partial charge in [-0.1, -0.05) is 30.0 Å². The summed E-state index contributed by atoms with van der Waals surface area (Å²) in [6, 6.07) is 8.24. The summed E-state index contributed by atoms with van der Waals surface area (Å²) < 4.78 is 5.49. The Morgan fingerprint density at radius 2 is 1.75 bits per heavy atom. The fourth-order valence-electron chi connectivity index (χ4n) is 7.28. The molecule has 1 unspecified atom stereocenters. The first kappa shape index (κ1) is 21.1. The van der Waals surface area contributed by atoms with Gasteiger partial charge in [0.1, 0.15) is 10.9 Å². The number of carbonyl (C=O) groups excluding carboxylic acids is 1. The number of nitrogens with zero attached hydrogens (tertiary/aromatic N) is 3. The summed E-state index contributed by atoms with van der Waals surface area (Å²) in [7, 11) is 0. The molecular formula is C26H33N3O2S. The van der Waals surface area contributed by atoms with Crippen LogP contribution in [0.25, 0.3) is 10.9 Å². The highest BCUT2D eigenvalue weighted by atomic mass is 32.2. The minimum Gasteiger partial charge on any atom is -0.379 e. The molecule has 0 spiro atoms. The Balaban J connectivity index is 1.25. The zero-order chi connectivity index (χ0) is 21.7. The van der Waals surface area contributed by atoms with E-state index < -0.39 is 0 Å². The van der Waals surface area contributed by atoms with Gasteiger partial charge in [0.15, 0.2) is 5.78 Å². The van der Waals surface area contributed by atoms with Gasteiger partial charge in [-0.3, -0.25) is 9.69 Å². The molecule has 0 radical (unpaired) electrons. The molecule has 0 N–H and O–H groups in total. The maximum atomic E-state index is 13.9. The Hall–Kier alpha value is -1.50. The average molecular weight is 452 g/mol. The molecule has 170 valence electrons. The number of ketones is 1. The molecule has 1 atom stereocenters. The molecule has 5 fully saturated rings. The van der Waals surface area contributed by atoms with E-state index in [9.17, 15) is 4.79 Å². The van der Waals surface area contributed by atoms with Gasteiger partial charge in [-0.15, -0.1) is 0 Å². The number of rotatable bonds is 6. The molecular weight excluding hydrogens is 418 g/mol. The first-order chi connectivity index (χ1) is 15.6. The lowest BCUT2D eigenvalue weighted by Crippen LogP contribution is -2.51. The number of para-hydroxylation sites is 1. The molecule has 4 bridgehead atoms. The van der Waals surface area contributed by atoms with Gasteiger partial charge in [0.25, 0.3) is 0 Å². The average Bonchev–Trinajstić information content (AvgIpc) is 2.78. The number of fused-ring (bicyclic) bond motifs is 1. The molecule has 6 heteroatoms. The fraction of sp³-hybridized carbons (Fsp3) is 0.654. The summed E-state index contributed by atoms with van der Waals surface area (Å²) in [5.41, 5.74) is 0.920. The molecule has 5 aliphatic rings. The number of morpholine rings is 1. The predicted octanol–water partition coefficient (Wildman–Crippen LogP) is 4.73. The highest BCUT2D eigenvalue weighted by Gasteiger charge is 2.55. The van der Waals surface area contributed by atoms with E-state index in [2.05, 4.69) is 24.0 Å². The standard InChI is InChI=1S/C26H33N3O2S/c1-17(24(30)26-13-18-10-19(14-26)12-20(11-18)15-26)32-25-21-4-2-3-5-22(21)27-23(28-25)16-29-6-8-31-9-7-29/h2-5,17-20H,6-16H2,1H3. The van der Waals surface area contributed by atoms with Crippen molar-refractivity contribution in [1.29, 1.82) is 0 Å². The third-order valence-electron chi connectivity index (χ3n) is 8.30. The van der Waals surface area contributed by atoms with Crippen LogP contribution in [-0.2, 0) is 16.1 Å². The van der Waals surface area contributed by atoms with Crippen molar-refractivity contribution in [2.45, 2.75) is 62.3 Å². The van der Waals surface area contributed by atoms with Crippen molar-refractivity contribution in [3.8, 4) is 0 Å². The second kappa shape index (κ2) is 8.37. The number of aromatic nitrogens is 2. The van der Waals surface area contributed by atoms with E-state index in [-0.39, 0.29) is 10.7 Å². The summed E-state index contributed by atoms with van der Waals surface area (Å²) in [4.78, 5) is 26.0. The van der Waals surface area contributed by atoms with Crippen molar-refractivity contribution >= 4 is 28.4 Å². The van der Waals surface area contributed by atoms with Gasteiger partial charge in [0.05, 0.1) is 30.5 Å². The van der Waals surface area contributed by atoms with Crippen molar-refractivity contribution < 1.29 is 9.53 Å². The number of carbonyl (C=O) groups is 1. The van der Waals surface area contributed by atoms with Crippen molar-refractivity contribution in [2.75, 3.05) is 26.3 Å². The van der Waals surface area contributed by atoms with Crippen LogP contribution in [-0.4, -0.2) is 52.2 Å². The van der Waals surface area contributed by atoms with Crippen molar-refractivity contribution in [1.82, 2.24) is 14.9 Å². The number of Topliss-reactive ketones (excluding diaryl/α,β-unsaturated/α-hetero) is 1. The molecule has 5 nitrogen and oxygen atoms in total. The van der Waals surface area contributed by atoms with E-state index in [4.69, 9.17) is 14.7 Å². The van der Waals surface area contributed by atoms with Gasteiger partial charge in [-0.2, -0.15) is 0 Å². The Morgan fingerprint density at radius 3 is 2.44 bits per heavy atom. The van der Waals surface area contributed by atoms with Gasteiger partial charge in [-0.25, -0.2) is 9.97 Å². The second-order valence-electron chi connectivity index (χ2n) is 10.7. The predicted molar refractivity (Wildman–Crippen MR) is 127 cm³/mol. The van der Waals surface area contributed by atoms with Crippen LogP contribution in [0.2, 0.25) is 0 Å². The van der Waals surface area contributed by atoms with E-state index in [1.165, 1.54) is 19.3 Å². The zero-order valence-corrected chi connectivity index (χ0v) is 19.8. The number of thioether (sulfide) groups is 1. The number of hydrogen-bond acceptors (Lipinski definition) is 6. The minimum atomic E-state index is -0.0687. The summed E-state index contributed by atoms with van der Waals surface area (Å²) in [5, 5.41) is 1.96. The summed E-state index contributed by atoms with van der Waals surface area (Å²) in [5.74, 6) is 3.72. The highest BCUT2D eigenvalue weighted by molar-refractivity contribution is 8.00. The van der Waals surface area contributed by atoms with Crippen LogP contribution in [0.5, 0.6) is 0 Å². The van der Waals surface area contributed by atoms with Crippen LogP contribution in [0, 0.1) is 23.2 Å². The molecule has 7 rings (SSSR count). The number of hydrogen-bond donors (Lipinski definition) is 0. The highest BCUT2D eigenvalue weighted by Crippen LogP contribution is 2.61. The smallest absolute Gasteiger partial charge is 0.152 e. The quantitative estimate of drug-likeness (QED) is 0.468. The third kappa shape index (κ3) is 3.88. The Morgan fingerprint density at radius 1 is 1.09 bits per heavy atom. The van der Waals surface area contributed by atoms with Gasteiger partial charge in [-0.05, 0) is 69.3 Å². The normalized spacial score (nSPS) is 33.0. The molecule has 2 aromatic rings. The molecule has 1 saturated heterocycles. The Kier molecular flexibility index (Phi) is 5.51. The van der Waals surface area contributed by atoms with Crippen LogP contribution in [0.4, 0.5) is 0 Å². The zero-order valence-electron chi connectivity index (χ0n) is 19.0. The van der Waals surface area contributed by atoms with Crippen molar-refractivity contribution in [3.63, 3.8) is 0 Å². The van der Waals surface area contributed by atoms with E-state index in [1.54, 1.807) is 11.8 Å². The molecule has 4 saturated carbocycles. The van der Waals surface area contributed by atoms with Crippen LogP contribution in [0.3, 0.4) is 0 Å². The molecule has 1 aromatic heterocycles. The maximum absolute atomic E-state index is 13.9. The fourth-order valence-corrected chi connectivity index (χ4v) is 8.43. The maximum Gasteiger partial charge on any atom is 0.152 e. The minimum absolute atomic E-state index is 0.0549. The van der Waals surface area contributed by atoms with E-state index in [0.29, 0.717) is 5.78 Å². The monoisotopic (exact) mass is 451 g/mol. The lowest BCUT2D eigenvalue weighted by molar-refractivity contribution is -0.142. The van der Waals surface area contributed by atoms with E-state index in [0.717, 1.165) is 91.6 Å². The molecule has 1 aromatic carbocycles. The van der Waals surface area contributed by atoms with Crippen molar-refractivity contribution in [2.24, 2.45) is 23.2 Å². The molecule has 1 aliphatic heterocycles. The van der Waals surface area contributed by atoms with Gasteiger partial charge < -0.3 is 4.74 Å². The van der Waals surface area contributed by atoms with Crippen LogP contribution >= 0.6 is 11.8 Å². The topological polar surface area (TPSA) is 55.3 Å². The Labute approximate surface area is 194 Å². The van der Waals surface area contributed by atoms with Crippen LogP contribution in [0.15, 0.2) is 29.3 Å². The second-order valence-corrected chi connectivity index (χ2v) is 12.0. The SMILES string of the molecule is CC(Sc1nc(CN2CCOCC2)nc2ccccc12)C(=O)C12CC3CC(CC(C3)C1)C2. The Bertz CT molecular complexity index is 984. The molecule has 2 heterocycles. The number of benzene rings is 1. The molecule has 32 heavy (non-hydrogen) atoms. The van der Waals surface area contributed by atoms with Gasteiger partial charge in [0.2, 0.25) is 0 Å². The van der Waals surface area contributed by atoms with Gasteiger partial charge in [0, 0.05) is 23.9 Å². The first-order valence-corrected chi connectivity index (χ1v) is 13.2. The third-order valence-corrected chi connectivity index (χ3v) is 9.40. The van der Waals surface area contributed by atoms with Crippen molar-refractivity contribution in [3.05, 3.63) is 30.1 Å². The summed E-state index contributed by atoms with van der Waals surface area (Å²) >= 11 is 1.66. The van der Waals surface area contributed by atoms with E-state index in [1.807, 2.05) is 12.1 Å². The lowest BCUT2D eigenvalue weighted by atomic mass is 9.48. The largest absolute Gasteiger partial charge is 0.379 e. The molecule has 4 aliphatic carbocycles. The number of ether oxygens (including phenoxy) is 1. The summed E-state index contributed by atoms with van der Waals surface area (Å²) in [6.45, 7) is 6.22. The summed E-state index contributed by atoms with van der Waals surface area (Å²) in [6.07, 6.45) is 7.51. The van der Waals surface area contributed by atoms with E-state index >= 15 is 0 Å². The van der Waals surface area contributed by atoms with Gasteiger partial charge >= 0.3 is 0 Å². The van der Waals surface area contributed by atoms with Crippen LogP contribution in [0.1, 0.15) is 51.3 Å².